The Balaban J connectivity index is 1.89. The van der Waals surface area contributed by atoms with Crippen LogP contribution in [0.4, 0.5) is 0 Å². The van der Waals surface area contributed by atoms with Crippen LogP contribution < -0.4 is 0 Å². The molecule has 2 aliphatic carbocycles. The average molecular weight is 332 g/mol. The van der Waals surface area contributed by atoms with Crippen molar-refractivity contribution in [2.45, 2.75) is 66.1 Å². The molecule has 4 nitrogen and oxygen atoms in total. The normalized spacial score (nSPS) is 36.0. The maximum atomic E-state index is 12.2. The van der Waals surface area contributed by atoms with Crippen molar-refractivity contribution in [1.82, 2.24) is 0 Å². The van der Waals surface area contributed by atoms with Gasteiger partial charge in [0.05, 0.1) is 12.4 Å². The van der Waals surface area contributed by atoms with Crippen molar-refractivity contribution in [2.75, 3.05) is 0 Å². The van der Waals surface area contributed by atoms with Gasteiger partial charge in [0.25, 0.3) is 0 Å². The molecule has 1 fully saturated rings. The smallest absolute Gasteiger partial charge is 0.333 e. The third kappa shape index (κ3) is 2.43. The second-order valence-electron chi connectivity index (χ2n) is 7.71. The molecule has 0 unspecified atom stereocenters. The number of aliphatic hydroxyl groups excluding tert-OH is 1. The maximum Gasteiger partial charge on any atom is 0.333 e. The number of carbonyl (C=O) groups is 1. The Morgan fingerprint density at radius 1 is 1.46 bits per heavy atom. The summed E-state index contributed by atoms with van der Waals surface area (Å²) < 4.78 is 11.4. The van der Waals surface area contributed by atoms with E-state index in [4.69, 9.17) is 9.15 Å². The van der Waals surface area contributed by atoms with Crippen molar-refractivity contribution < 1.29 is 19.1 Å². The van der Waals surface area contributed by atoms with E-state index in [1.807, 2.05) is 13.8 Å². The molecule has 4 heteroatoms. The van der Waals surface area contributed by atoms with Gasteiger partial charge in [-0.15, -0.1) is 0 Å². The first-order chi connectivity index (χ1) is 11.3. The molecule has 1 saturated carbocycles. The summed E-state index contributed by atoms with van der Waals surface area (Å²) >= 11 is 0. The molecule has 24 heavy (non-hydrogen) atoms. The Bertz CT molecular complexity index is 671. The Morgan fingerprint density at radius 2 is 2.17 bits per heavy atom. The summed E-state index contributed by atoms with van der Waals surface area (Å²) in [6.07, 6.45) is 5.41. The average Bonchev–Trinajstić information content (AvgIpc) is 2.93. The van der Waals surface area contributed by atoms with Crippen LogP contribution in [0, 0.1) is 24.2 Å². The zero-order valence-electron chi connectivity index (χ0n) is 15.3. The lowest BCUT2D eigenvalue weighted by Gasteiger charge is -2.53. The SMILES string of the molecule is C/C=C(/C)C(=O)O[C@H]1CC[C@@H]2Cc3occ(C)c3[C@@H](O)[C@]2(C)[C@H]1C. The molecule has 0 amide bonds. The van der Waals surface area contributed by atoms with Gasteiger partial charge in [-0.05, 0) is 45.1 Å². The van der Waals surface area contributed by atoms with E-state index in [0.29, 0.717) is 11.5 Å². The van der Waals surface area contributed by atoms with E-state index in [2.05, 4.69) is 13.8 Å². The van der Waals surface area contributed by atoms with Gasteiger partial charge >= 0.3 is 5.97 Å². The van der Waals surface area contributed by atoms with E-state index in [-0.39, 0.29) is 23.4 Å². The van der Waals surface area contributed by atoms with Crippen LogP contribution in [0.5, 0.6) is 0 Å². The minimum atomic E-state index is -0.579. The quantitative estimate of drug-likeness (QED) is 0.654. The lowest BCUT2D eigenvalue weighted by atomic mass is 9.53. The summed E-state index contributed by atoms with van der Waals surface area (Å²) in [6, 6.07) is 0. The number of ether oxygens (including phenoxy) is 1. The second kappa shape index (κ2) is 6.07. The Kier molecular flexibility index (Phi) is 4.37. The van der Waals surface area contributed by atoms with Crippen LogP contribution in [0.3, 0.4) is 0 Å². The molecule has 3 rings (SSSR count). The Hall–Kier alpha value is -1.55. The first-order valence-electron chi connectivity index (χ1n) is 8.89. The van der Waals surface area contributed by atoms with Crippen LogP contribution in [-0.2, 0) is 16.0 Å². The lowest BCUT2D eigenvalue weighted by molar-refractivity contribution is -0.168. The van der Waals surface area contributed by atoms with Crippen molar-refractivity contribution in [2.24, 2.45) is 17.3 Å². The summed E-state index contributed by atoms with van der Waals surface area (Å²) in [5.41, 5.74) is 2.27. The molecule has 1 heterocycles. The van der Waals surface area contributed by atoms with Crippen LogP contribution in [0.2, 0.25) is 0 Å². The van der Waals surface area contributed by atoms with Gasteiger partial charge in [-0.2, -0.15) is 0 Å². The highest BCUT2D eigenvalue weighted by molar-refractivity contribution is 5.87. The van der Waals surface area contributed by atoms with E-state index in [0.717, 1.165) is 36.1 Å². The molecule has 132 valence electrons. The summed E-state index contributed by atoms with van der Waals surface area (Å²) in [5, 5.41) is 11.2. The predicted octanol–water partition coefficient (Wildman–Crippen LogP) is 4.11. The standard InChI is InChI=1S/C20H28O4/c1-6-11(2)19(22)24-15-8-7-14-9-16-17(12(3)10-23-16)18(21)20(14,5)13(15)4/h6,10,13-15,18,21H,7-9H2,1-5H3/b11-6-/t13-,14+,15-,18+,20+/m0/s1. The molecule has 0 radical (unpaired) electrons. The van der Waals surface area contributed by atoms with E-state index >= 15 is 0 Å². The van der Waals surface area contributed by atoms with Gasteiger partial charge in [0.2, 0.25) is 0 Å². The van der Waals surface area contributed by atoms with E-state index in [1.165, 1.54) is 0 Å². The fourth-order valence-corrected chi connectivity index (χ4v) is 4.57. The number of esters is 1. The summed E-state index contributed by atoms with van der Waals surface area (Å²) in [7, 11) is 0. The molecule has 0 bridgehead atoms. The van der Waals surface area contributed by atoms with E-state index in [9.17, 15) is 9.90 Å². The number of allylic oxidation sites excluding steroid dienone is 1. The molecule has 0 aromatic carbocycles. The zero-order valence-corrected chi connectivity index (χ0v) is 15.3. The van der Waals surface area contributed by atoms with Crippen LogP contribution in [0.1, 0.15) is 63.5 Å². The van der Waals surface area contributed by atoms with Crippen LogP contribution in [-0.4, -0.2) is 17.2 Å². The molecule has 1 N–H and O–H groups in total. The van der Waals surface area contributed by atoms with Gasteiger partial charge < -0.3 is 14.3 Å². The van der Waals surface area contributed by atoms with Gasteiger partial charge in [-0.25, -0.2) is 4.79 Å². The van der Waals surface area contributed by atoms with Crippen LogP contribution in [0.25, 0.3) is 0 Å². The van der Waals surface area contributed by atoms with Crippen LogP contribution >= 0.6 is 0 Å². The largest absolute Gasteiger partial charge is 0.469 e. The molecule has 2 aliphatic rings. The van der Waals surface area contributed by atoms with Gasteiger partial charge in [0, 0.05) is 28.9 Å². The van der Waals surface area contributed by atoms with Gasteiger partial charge in [-0.1, -0.05) is 19.9 Å². The third-order valence-corrected chi connectivity index (χ3v) is 6.63. The summed E-state index contributed by atoms with van der Waals surface area (Å²) in [6.45, 7) is 9.85. The number of fused-ring (bicyclic) bond motifs is 2. The van der Waals surface area contributed by atoms with Crippen LogP contribution in [0.15, 0.2) is 22.3 Å². The first kappa shape index (κ1) is 17.3. The van der Waals surface area contributed by atoms with Gasteiger partial charge in [0.15, 0.2) is 0 Å². The van der Waals surface area contributed by atoms with Crippen molar-refractivity contribution in [1.29, 1.82) is 0 Å². The van der Waals surface area contributed by atoms with Crippen molar-refractivity contribution >= 4 is 5.97 Å². The predicted molar refractivity (Wildman–Crippen MR) is 91.4 cm³/mol. The Morgan fingerprint density at radius 3 is 2.83 bits per heavy atom. The van der Waals surface area contributed by atoms with E-state index in [1.54, 1.807) is 19.3 Å². The highest BCUT2D eigenvalue weighted by atomic mass is 16.5. The number of furan rings is 1. The van der Waals surface area contributed by atoms with Gasteiger partial charge in [0.1, 0.15) is 11.9 Å². The van der Waals surface area contributed by atoms with E-state index < -0.39 is 6.10 Å². The third-order valence-electron chi connectivity index (χ3n) is 6.63. The molecule has 5 atom stereocenters. The van der Waals surface area contributed by atoms with Crippen molar-refractivity contribution in [3.8, 4) is 0 Å². The minimum absolute atomic E-state index is 0.0855. The number of rotatable bonds is 2. The number of carbonyl (C=O) groups excluding carboxylic acids is 1. The summed E-state index contributed by atoms with van der Waals surface area (Å²) in [5.74, 6) is 1.11. The topological polar surface area (TPSA) is 59.7 Å². The number of hydrogen-bond acceptors (Lipinski definition) is 4. The fraction of sp³-hybridized carbons (Fsp3) is 0.650. The maximum absolute atomic E-state index is 12.2. The fourth-order valence-electron chi connectivity index (χ4n) is 4.57. The molecule has 1 aromatic rings. The van der Waals surface area contributed by atoms with Gasteiger partial charge in [-0.3, -0.25) is 0 Å². The lowest BCUT2D eigenvalue weighted by Crippen LogP contribution is -2.52. The molecule has 1 aromatic heterocycles. The highest BCUT2D eigenvalue weighted by Gasteiger charge is 2.55. The van der Waals surface area contributed by atoms with Crippen molar-refractivity contribution in [3.63, 3.8) is 0 Å². The Labute approximate surface area is 143 Å². The molecule has 0 aliphatic heterocycles. The van der Waals surface area contributed by atoms with Crippen molar-refractivity contribution in [3.05, 3.63) is 34.8 Å². The zero-order chi connectivity index (χ0) is 17.6. The molecule has 0 spiro atoms. The highest BCUT2D eigenvalue weighted by Crippen LogP contribution is 2.58. The first-order valence-corrected chi connectivity index (χ1v) is 8.89. The molecular formula is C20H28O4. The monoisotopic (exact) mass is 332 g/mol. The summed E-state index contributed by atoms with van der Waals surface area (Å²) in [4.78, 5) is 12.2. The molecule has 0 saturated heterocycles. The number of aliphatic hydroxyl groups is 1. The number of hydrogen-bond donors (Lipinski definition) is 1. The minimum Gasteiger partial charge on any atom is -0.469 e. The second-order valence-corrected chi connectivity index (χ2v) is 7.71. The molecular weight excluding hydrogens is 304 g/mol. The number of aryl methyl sites for hydroxylation is 1.